The number of rotatable bonds is 14. The van der Waals surface area contributed by atoms with Crippen molar-refractivity contribution in [1.29, 1.82) is 0 Å². The van der Waals surface area contributed by atoms with E-state index in [0.29, 0.717) is 23.1 Å². The first-order valence-electron chi connectivity index (χ1n) is 12.8. The summed E-state index contributed by atoms with van der Waals surface area (Å²) in [4.78, 5) is 25.0. The molecule has 1 aromatic rings. The van der Waals surface area contributed by atoms with Crippen molar-refractivity contribution in [3.05, 3.63) is 58.7 Å². The molecule has 0 N–H and O–H groups in total. The van der Waals surface area contributed by atoms with Crippen LogP contribution in [-0.2, 0) is 0 Å². The Balaban J connectivity index is 1.65. The van der Waals surface area contributed by atoms with Crippen molar-refractivity contribution in [3.8, 4) is 0 Å². The molecule has 1 aliphatic rings. The molecule has 2 nitrogen and oxygen atoms in total. The van der Waals surface area contributed by atoms with Gasteiger partial charge in [0.25, 0.3) is 0 Å². The third-order valence-corrected chi connectivity index (χ3v) is 6.84. The number of fused-ring (bicyclic) bond motifs is 1. The van der Waals surface area contributed by atoms with Crippen LogP contribution in [0.5, 0.6) is 0 Å². The maximum Gasteiger partial charge on any atom is 0.190 e. The lowest BCUT2D eigenvalue weighted by Gasteiger charge is -2.15. The van der Waals surface area contributed by atoms with Gasteiger partial charge in [-0.15, -0.1) is 0 Å². The molecule has 176 valence electrons. The smallest absolute Gasteiger partial charge is 0.190 e. The molecule has 0 aromatic heterocycles. The van der Waals surface area contributed by atoms with E-state index in [0.717, 1.165) is 24.2 Å². The van der Waals surface area contributed by atoms with Gasteiger partial charge in [0.15, 0.2) is 11.6 Å². The van der Waals surface area contributed by atoms with Crippen LogP contribution >= 0.6 is 0 Å². The van der Waals surface area contributed by atoms with E-state index in [1.54, 1.807) is 12.1 Å². The molecule has 2 rings (SSSR count). The first kappa shape index (κ1) is 26.3. The fourth-order valence-corrected chi connectivity index (χ4v) is 4.62. The van der Waals surface area contributed by atoms with Gasteiger partial charge >= 0.3 is 0 Å². The van der Waals surface area contributed by atoms with Gasteiger partial charge in [-0.3, -0.25) is 9.59 Å². The Morgan fingerprint density at radius 1 is 0.812 bits per heavy atom. The summed E-state index contributed by atoms with van der Waals surface area (Å²) in [6.45, 7) is 11.6. The summed E-state index contributed by atoms with van der Waals surface area (Å²) in [5.41, 5.74) is 3.00. The molecule has 0 bridgehead atoms. The standard InChI is InChI=1S/C30H44O2/c1-22(2)11-8-12-23(3)13-9-14-24(4)15-10-16-25(5)19-20-26-21-29(31)27-17-6-7-18-28(27)30(26)32/h6-7,17-19,21-24H,8-16,20H2,1-5H3/b25-19+/t23-,24-/m1/s1. The number of carbonyl (C=O) groups excluding carboxylic acids is 2. The van der Waals surface area contributed by atoms with Crippen molar-refractivity contribution < 1.29 is 9.59 Å². The zero-order valence-electron chi connectivity index (χ0n) is 21.1. The van der Waals surface area contributed by atoms with Crippen molar-refractivity contribution >= 4 is 11.6 Å². The highest BCUT2D eigenvalue weighted by molar-refractivity contribution is 6.24. The molecule has 0 heterocycles. The molecular weight excluding hydrogens is 392 g/mol. The van der Waals surface area contributed by atoms with Gasteiger partial charge in [-0.2, -0.15) is 0 Å². The van der Waals surface area contributed by atoms with Crippen molar-refractivity contribution in [3.63, 3.8) is 0 Å². The molecule has 0 saturated carbocycles. The van der Waals surface area contributed by atoms with E-state index in [-0.39, 0.29) is 11.6 Å². The van der Waals surface area contributed by atoms with Gasteiger partial charge in [0.1, 0.15) is 0 Å². The molecule has 0 unspecified atom stereocenters. The topological polar surface area (TPSA) is 34.1 Å². The van der Waals surface area contributed by atoms with Gasteiger partial charge in [0, 0.05) is 16.7 Å². The molecule has 0 aliphatic heterocycles. The molecule has 0 fully saturated rings. The fourth-order valence-electron chi connectivity index (χ4n) is 4.62. The summed E-state index contributed by atoms with van der Waals surface area (Å²) in [5, 5.41) is 0. The number of hydrogen-bond acceptors (Lipinski definition) is 2. The zero-order valence-corrected chi connectivity index (χ0v) is 21.1. The molecule has 0 radical (unpaired) electrons. The number of hydrogen-bond donors (Lipinski definition) is 0. The highest BCUT2D eigenvalue weighted by Crippen LogP contribution is 2.25. The van der Waals surface area contributed by atoms with Crippen LogP contribution in [0.4, 0.5) is 0 Å². The molecule has 2 atom stereocenters. The summed E-state index contributed by atoms with van der Waals surface area (Å²) in [7, 11) is 0. The average Bonchev–Trinajstić information content (AvgIpc) is 2.75. The molecule has 0 spiro atoms. The summed E-state index contributed by atoms with van der Waals surface area (Å²) < 4.78 is 0. The Hall–Kier alpha value is -1.96. The number of benzene rings is 1. The minimum atomic E-state index is -0.0516. The number of allylic oxidation sites excluding steroid dienone is 4. The average molecular weight is 437 g/mol. The van der Waals surface area contributed by atoms with E-state index in [4.69, 9.17) is 0 Å². The van der Waals surface area contributed by atoms with E-state index in [1.165, 1.54) is 63.0 Å². The van der Waals surface area contributed by atoms with E-state index in [1.807, 2.05) is 12.1 Å². The maximum atomic E-state index is 12.7. The van der Waals surface area contributed by atoms with E-state index in [9.17, 15) is 9.59 Å². The lowest BCUT2D eigenvalue weighted by atomic mass is 9.87. The van der Waals surface area contributed by atoms with E-state index < -0.39 is 0 Å². The lowest BCUT2D eigenvalue weighted by molar-refractivity contribution is 0.0983. The number of Topliss-reactive ketones (excluding diaryl/α,β-unsaturated/α-hetero) is 1. The lowest BCUT2D eigenvalue weighted by Crippen LogP contribution is -2.16. The van der Waals surface area contributed by atoms with E-state index in [2.05, 4.69) is 40.7 Å². The van der Waals surface area contributed by atoms with Crippen LogP contribution in [0, 0.1) is 17.8 Å². The fraction of sp³-hybridized carbons (Fsp3) is 0.600. The molecule has 2 heteroatoms. The van der Waals surface area contributed by atoms with Gasteiger partial charge in [-0.1, -0.05) is 109 Å². The highest BCUT2D eigenvalue weighted by Gasteiger charge is 2.24. The van der Waals surface area contributed by atoms with Crippen molar-refractivity contribution in [2.75, 3.05) is 0 Å². The van der Waals surface area contributed by atoms with Gasteiger partial charge < -0.3 is 0 Å². The Bertz CT molecular complexity index is 812. The Labute approximate surface area is 196 Å². The third kappa shape index (κ3) is 8.88. The van der Waals surface area contributed by atoms with Crippen LogP contribution in [0.2, 0.25) is 0 Å². The second-order valence-corrected chi connectivity index (χ2v) is 10.5. The van der Waals surface area contributed by atoms with Crippen LogP contribution in [-0.4, -0.2) is 11.6 Å². The Kier molecular flexibility index (Phi) is 11.1. The summed E-state index contributed by atoms with van der Waals surface area (Å²) >= 11 is 0. The van der Waals surface area contributed by atoms with Crippen LogP contribution in [0.3, 0.4) is 0 Å². The second-order valence-electron chi connectivity index (χ2n) is 10.5. The SMILES string of the molecule is C/C(=C\CC1=CC(=O)c2ccccc2C1=O)CCC[C@H](C)CCC[C@H](C)CCCC(C)C. The van der Waals surface area contributed by atoms with Crippen LogP contribution in [0.25, 0.3) is 0 Å². The molecular formula is C30H44O2. The first-order chi connectivity index (χ1) is 15.3. The summed E-state index contributed by atoms with van der Waals surface area (Å²) in [5.74, 6) is 2.42. The first-order valence-corrected chi connectivity index (χ1v) is 12.8. The Morgan fingerprint density at radius 2 is 1.38 bits per heavy atom. The van der Waals surface area contributed by atoms with E-state index >= 15 is 0 Å². The summed E-state index contributed by atoms with van der Waals surface area (Å²) in [6.07, 6.45) is 15.9. The minimum absolute atomic E-state index is 0.00342. The van der Waals surface area contributed by atoms with Crippen LogP contribution in [0.1, 0.15) is 120 Å². The normalized spacial score (nSPS) is 16.2. The van der Waals surface area contributed by atoms with Gasteiger partial charge in [0.2, 0.25) is 0 Å². The van der Waals surface area contributed by atoms with Crippen molar-refractivity contribution in [1.82, 2.24) is 0 Å². The molecule has 0 saturated heterocycles. The van der Waals surface area contributed by atoms with Gasteiger partial charge in [-0.25, -0.2) is 0 Å². The molecule has 0 amide bonds. The Morgan fingerprint density at radius 3 is 2.00 bits per heavy atom. The highest BCUT2D eigenvalue weighted by atomic mass is 16.1. The van der Waals surface area contributed by atoms with Crippen molar-refractivity contribution in [2.24, 2.45) is 17.8 Å². The molecule has 1 aliphatic carbocycles. The predicted molar refractivity (Wildman–Crippen MR) is 136 cm³/mol. The molecule has 32 heavy (non-hydrogen) atoms. The maximum absolute atomic E-state index is 12.7. The van der Waals surface area contributed by atoms with Crippen LogP contribution < -0.4 is 0 Å². The quantitative estimate of drug-likeness (QED) is 0.273. The molecule has 1 aromatic carbocycles. The van der Waals surface area contributed by atoms with Gasteiger partial charge in [0.05, 0.1) is 0 Å². The van der Waals surface area contributed by atoms with Crippen molar-refractivity contribution in [2.45, 2.75) is 98.8 Å². The summed E-state index contributed by atoms with van der Waals surface area (Å²) in [6, 6.07) is 7.12. The minimum Gasteiger partial charge on any atom is -0.289 e. The predicted octanol–water partition coefficient (Wildman–Crippen LogP) is 8.77. The second kappa shape index (κ2) is 13.6. The monoisotopic (exact) mass is 436 g/mol. The number of ketones is 2. The zero-order chi connectivity index (χ0) is 23.5. The van der Waals surface area contributed by atoms with Gasteiger partial charge in [-0.05, 0) is 50.0 Å². The number of carbonyl (C=O) groups is 2. The van der Waals surface area contributed by atoms with Crippen LogP contribution in [0.15, 0.2) is 47.6 Å². The third-order valence-electron chi connectivity index (χ3n) is 6.84. The largest absolute Gasteiger partial charge is 0.289 e.